The number of likely N-dealkylation sites (tertiary alicyclic amines) is 1. The highest BCUT2D eigenvalue weighted by atomic mass is 35.5. The third kappa shape index (κ3) is 4.67. The number of hydrogen-bond donors (Lipinski definition) is 1. The summed E-state index contributed by atoms with van der Waals surface area (Å²) >= 11 is 1.78. The predicted octanol–water partition coefficient (Wildman–Crippen LogP) is 2.65. The van der Waals surface area contributed by atoms with Gasteiger partial charge in [0.1, 0.15) is 0 Å². The maximum Gasteiger partial charge on any atom is 0.0797 e. The van der Waals surface area contributed by atoms with Crippen molar-refractivity contribution in [3.63, 3.8) is 0 Å². The SMILES string of the molecule is Cc1ncsc1CCN1CCCCC1CN.Cl.Cl. The van der Waals surface area contributed by atoms with E-state index in [2.05, 4.69) is 16.8 Å². The zero-order valence-corrected chi connectivity index (χ0v) is 13.3. The third-order valence-corrected chi connectivity index (χ3v) is 4.49. The highest BCUT2D eigenvalue weighted by Gasteiger charge is 2.20. The van der Waals surface area contributed by atoms with E-state index < -0.39 is 0 Å². The molecule has 1 aromatic heterocycles. The van der Waals surface area contributed by atoms with Crippen LogP contribution in [0.25, 0.3) is 0 Å². The molecule has 2 heterocycles. The van der Waals surface area contributed by atoms with E-state index in [1.54, 1.807) is 11.3 Å². The van der Waals surface area contributed by atoms with Gasteiger partial charge in [0.25, 0.3) is 0 Å². The molecule has 1 saturated heterocycles. The second-order valence-electron chi connectivity index (χ2n) is 4.53. The molecule has 2 N–H and O–H groups in total. The molecule has 0 aliphatic carbocycles. The van der Waals surface area contributed by atoms with E-state index in [1.807, 2.05) is 5.51 Å². The molecule has 1 atom stereocenters. The van der Waals surface area contributed by atoms with Crippen molar-refractivity contribution in [2.75, 3.05) is 19.6 Å². The van der Waals surface area contributed by atoms with Crippen molar-refractivity contribution in [2.45, 2.75) is 38.6 Å². The number of rotatable bonds is 4. The Morgan fingerprint density at radius 1 is 1.44 bits per heavy atom. The summed E-state index contributed by atoms with van der Waals surface area (Å²) in [6, 6.07) is 0.613. The third-order valence-electron chi connectivity index (χ3n) is 3.49. The second kappa shape index (κ2) is 9.10. The average molecular weight is 312 g/mol. The zero-order chi connectivity index (χ0) is 11.4. The summed E-state index contributed by atoms with van der Waals surface area (Å²) in [6.45, 7) is 5.27. The molecule has 0 saturated carbocycles. The number of thiazole rings is 1. The molecule has 1 aliphatic heterocycles. The molecule has 1 fully saturated rings. The minimum absolute atomic E-state index is 0. The van der Waals surface area contributed by atoms with Crippen LogP contribution >= 0.6 is 36.2 Å². The Labute approximate surface area is 126 Å². The first-order chi connectivity index (χ1) is 7.81. The van der Waals surface area contributed by atoms with Gasteiger partial charge in [0, 0.05) is 24.0 Å². The number of nitrogens with two attached hydrogens (primary N) is 1. The Hall–Kier alpha value is 0.130. The lowest BCUT2D eigenvalue weighted by atomic mass is 10.0. The maximum absolute atomic E-state index is 5.82. The lowest BCUT2D eigenvalue weighted by Crippen LogP contribution is -2.44. The predicted molar refractivity (Wildman–Crippen MR) is 83.3 cm³/mol. The quantitative estimate of drug-likeness (QED) is 0.929. The van der Waals surface area contributed by atoms with E-state index in [4.69, 9.17) is 5.73 Å². The number of piperidine rings is 1. The van der Waals surface area contributed by atoms with Crippen molar-refractivity contribution >= 4 is 36.2 Å². The largest absolute Gasteiger partial charge is 0.329 e. The molecule has 1 unspecified atom stereocenters. The normalized spacial score (nSPS) is 20.0. The Kier molecular flexibility index (Phi) is 9.17. The Bertz CT molecular complexity index is 333. The Morgan fingerprint density at radius 2 is 2.22 bits per heavy atom. The first-order valence-corrected chi connectivity index (χ1v) is 7.02. The molecule has 0 radical (unpaired) electrons. The van der Waals surface area contributed by atoms with E-state index in [1.165, 1.54) is 36.4 Å². The standard InChI is InChI=1S/C12H21N3S.2ClH/c1-10-12(16-9-14-10)5-7-15-6-3-2-4-11(15)8-13;;/h9,11H,2-8,13H2,1H3;2*1H. The molecule has 18 heavy (non-hydrogen) atoms. The van der Waals surface area contributed by atoms with Gasteiger partial charge in [0.2, 0.25) is 0 Å². The Morgan fingerprint density at radius 3 is 2.83 bits per heavy atom. The van der Waals surface area contributed by atoms with Crippen molar-refractivity contribution in [2.24, 2.45) is 5.73 Å². The minimum Gasteiger partial charge on any atom is -0.329 e. The van der Waals surface area contributed by atoms with Crippen LogP contribution in [0.4, 0.5) is 0 Å². The molecule has 106 valence electrons. The fourth-order valence-electron chi connectivity index (χ4n) is 2.43. The number of hydrogen-bond acceptors (Lipinski definition) is 4. The maximum atomic E-state index is 5.82. The van der Waals surface area contributed by atoms with E-state index in [0.29, 0.717) is 6.04 Å². The van der Waals surface area contributed by atoms with Crippen molar-refractivity contribution in [1.82, 2.24) is 9.88 Å². The van der Waals surface area contributed by atoms with Crippen LogP contribution in [0, 0.1) is 6.92 Å². The van der Waals surface area contributed by atoms with Gasteiger partial charge in [0.05, 0.1) is 11.2 Å². The van der Waals surface area contributed by atoms with Crippen LogP contribution in [-0.4, -0.2) is 35.6 Å². The molecule has 1 aromatic rings. The molecule has 2 rings (SSSR count). The number of aryl methyl sites for hydroxylation is 1. The first-order valence-electron chi connectivity index (χ1n) is 6.14. The summed E-state index contributed by atoms with van der Waals surface area (Å²) in [6.07, 6.45) is 5.08. The van der Waals surface area contributed by atoms with Gasteiger partial charge in [-0.05, 0) is 32.7 Å². The highest BCUT2D eigenvalue weighted by molar-refractivity contribution is 7.09. The van der Waals surface area contributed by atoms with Crippen LogP contribution in [0.5, 0.6) is 0 Å². The lowest BCUT2D eigenvalue weighted by Gasteiger charge is -2.34. The van der Waals surface area contributed by atoms with Gasteiger partial charge in [-0.15, -0.1) is 36.2 Å². The van der Waals surface area contributed by atoms with E-state index >= 15 is 0 Å². The van der Waals surface area contributed by atoms with Crippen LogP contribution < -0.4 is 5.73 Å². The van der Waals surface area contributed by atoms with Crippen molar-refractivity contribution in [3.8, 4) is 0 Å². The van der Waals surface area contributed by atoms with Crippen LogP contribution in [0.15, 0.2) is 5.51 Å². The van der Waals surface area contributed by atoms with Gasteiger partial charge < -0.3 is 5.73 Å². The van der Waals surface area contributed by atoms with E-state index in [9.17, 15) is 0 Å². The molecular weight excluding hydrogens is 289 g/mol. The molecule has 0 bridgehead atoms. The summed E-state index contributed by atoms with van der Waals surface area (Å²) in [7, 11) is 0. The zero-order valence-electron chi connectivity index (χ0n) is 10.8. The van der Waals surface area contributed by atoms with Gasteiger partial charge >= 0.3 is 0 Å². The minimum atomic E-state index is 0. The monoisotopic (exact) mass is 311 g/mol. The van der Waals surface area contributed by atoms with Crippen molar-refractivity contribution < 1.29 is 0 Å². The highest BCUT2D eigenvalue weighted by Crippen LogP contribution is 2.18. The van der Waals surface area contributed by atoms with Crippen molar-refractivity contribution in [1.29, 1.82) is 0 Å². The smallest absolute Gasteiger partial charge is 0.0797 e. The summed E-state index contributed by atoms with van der Waals surface area (Å²) in [5.74, 6) is 0. The average Bonchev–Trinajstić information content (AvgIpc) is 2.72. The van der Waals surface area contributed by atoms with Gasteiger partial charge in [-0.2, -0.15) is 0 Å². The molecule has 0 spiro atoms. The number of halogens is 2. The first kappa shape index (κ1) is 18.1. The summed E-state index contributed by atoms with van der Waals surface area (Å²) in [4.78, 5) is 8.28. The Balaban J connectivity index is 0.00000144. The lowest BCUT2D eigenvalue weighted by molar-refractivity contribution is 0.155. The fourth-order valence-corrected chi connectivity index (χ4v) is 3.20. The van der Waals surface area contributed by atoms with Gasteiger partial charge in [-0.1, -0.05) is 6.42 Å². The molecule has 0 amide bonds. The van der Waals surface area contributed by atoms with Gasteiger partial charge in [-0.25, -0.2) is 4.98 Å². The van der Waals surface area contributed by atoms with Crippen LogP contribution in [-0.2, 0) is 6.42 Å². The van der Waals surface area contributed by atoms with Crippen LogP contribution in [0.3, 0.4) is 0 Å². The molecule has 6 heteroatoms. The molecule has 0 aromatic carbocycles. The molecular formula is C12H23Cl2N3S. The molecule has 1 aliphatic rings. The number of nitrogens with zero attached hydrogens (tertiary/aromatic N) is 2. The van der Waals surface area contributed by atoms with Gasteiger partial charge in [-0.3, -0.25) is 4.90 Å². The van der Waals surface area contributed by atoms with Crippen molar-refractivity contribution in [3.05, 3.63) is 16.1 Å². The van der Waals surface area contributed by atoms with E-state index in [0.717, 1.165) is 19.5 Å². The summed E-state index contributed by atoms with van der Waals surface area (Å²) in [5, 5.41) is 0. The topological polar surface area (TPSA) is 42.2 Å². The summed E-state index contributed by atoms with van der Waals surface area (Å²) in [5.41, 5.74) is 8.97. The second-order valence-corrected chi connectivity index (χ2v) is 5.47. The molecule has 3 nitrogen and oxygen atoms in total. The fraction of sp³-hybridized carbons (Fsp3) is 0.750. The van der Waals surface area contributed by atoms with Gasteiger partial charge in [0.15, 0.2) is 0 Å². The van der Waals surface area contributed by atoms with Crippen LogP contribution in [0.1, 0.15) is 29.8 Å². The van der Waals surface area contributed by atoms with E-state index in [-0.39, 0.29) is 24.8 Å². The van der Waals surface area contributed by atoms with Crippen LogP contribution in [0.2, 0.25) is 0 Å². The number of aromatic nitrogens is 1. The summed E-state index contributed by atoms with van der Waals surface area (Å²) < 4.78 is 0.